The van der Waals surface area contributed by atoms with Crippen molar-refractivity contribution in [2.24, 2.45) is 0 Å². The third-order valence-electron chi connectivity index (χ3n) is 3.45. The van der Waals surface area contributed by atoms with Gasteiger partial charge in [-0.05, 0) is 12.0 Å². The molecule has 6 nitrogen and oxygen atoms in total. The fraction of sp³-hybridized carbons (Fsp3) is 0.333. The zero-order valence-electron chi connectivity index (χ0n) is 14.6. The summed E-state index contributed by atoms with van der Waals surface area (Å²) < 4.78 is 4.80. The van der Waals surface area contributed by atoms with E-state index in [1.165, 1.54) is 25.1 Å². The summed E-state index contributed by atoms with van der Waals surface area (Å²) in [6.45, 7) is 2.04. The van der Waals surface area contributed by atoms with Gasteiger partial charge in [-0.15, -0.1) is 0 Å². The van der Waals surface area contributed by atoms with Gasteiger partial charge in [-0.2, -0.15) is 0 Å². The molecule has 0 aliphatic carbocycles. The normalized spacial score (nSPS) is 11.7. The average molecular weight is 394 g/mol. The maximum Gasteiger partial charge on any atom is 0.328 e. The first kappa shape index (κ1) is 20.2. The zero-order valence-corrected chi connectivity index (χ0v) is 16.1. The number of methoxy groups -OCH3 is 1. The van der Waals surface area contributed by atoms with Crippen LogP contribution in [0.15, 0.2) is 41.7 Å². The van der Waals surface area contributed by atoms with Gasteiger partial charge in [0.25, 0.3) is 5.91 Å². The number of aromatic nitrogens is 2. The number of nitrogens with one attached hydrogen (secondary N) is 1. The summed E-state index contributed by atoms with van der Waals surface area (Å²) in [4.78, 5) is 33.0. The van der Waals surface area contributed by atoms with E-state index in [1.54, 1.807) is 0 Å². The Labute approximate surface area is 161 Å². The largest absolute Gasteiger partial charge is 0.467 e. The summed E-state index contributed by atoms with van der Waals surface area (Å²) >= 11 is 7.51. The van der Waals surface area contributed by atoms with E-state index in [-0.39, 0.29) is 10.7 Å². The summed E-state index contributed by atoms with van der Waals surface area (Å²) in [5.41, 5.74) is 0.943. The number of halogens is 1. The maximum absolute atomic E-state index is 12.6. The molecule has 0 bridgehead atoms. The molecule has 0 aliphatic rings. The molecule has 2 aromatic rings. The minimum atomic E-state index is -0.840. The fourth-order valence-electron chi connectivity index (χ4n) is 2.19. The van der Waals surface area contributed by atoms with Crippen LogP contribution >= 0.6 is 23.4 Å². The molecule has 8 heteroatoms. The molecular weight excluding hydrogens is 374 g/mol. The number of hydrogen-bond donors (Lipinski definition) is 1. The van der Waals surface area contributed by atoms with Crippen molar-refractivity contribution in [3.63, 3.8) is 0 Å². The van der Waals surface area contributed by atoms with Gasteiger partial charge in [0.05, 0.1) is 18.3 Å². The number of carbonyl (C=O) groups is 2. The fourth-order valence-corrected chi connectivity index (χ4v) is 3.03. The second-order valence-corrected chi connectivity index (χ2v) is 6.91. The first-order valence-electron chi connectivity index (χ1n) is 8.13. The van der Waals surface area contributed by atoms with E-state index in [1.807, 2.05) is 37.3 Å². The van der Waals surface area contributed by atoms with Gasteiger partial charge in [-0.3, -0.25) is 4.79 Å². The van der Waals surface area contributed by atoms with Crippen LogP contribution in [0.3, 0.4) is 0 Å². The summed E-state index contributed by atoms with van der Waals surface area (Å²) in [6, 6.07) is 8.52. The van der Waals surface area contributed by atoms with E-state index in [2.05, 4.69) is 15.3 Å². The number of carbonyl (C=O) groups excluding carboxylic acids is 2. The molecule has 0 radical (unpaired) electrons. The second kappa shape index (κ2) is 10.1. The minimum Gasteiger partial charge on any atom is -0.467 e. The summed E-state index contributed by atoms with van der Waals surface area (Å²) in [5.74, 6) is -0.239. The highest BCUT2D eigenvalue weighted by Crippen LogP contribution is 2.19. The number of amides is 1. The van der Waals surface area contributed by atoms with Crippen LogP contribution in [0.1, 0.15) is 29.4 Å². The summed E-state index contributed by atoms with van der Waals surface area (Å²) in [5, 5.41) is 3.26. The third-order valence-corrected chi connectivity index (χ3v) is 4.79. The Bertz CT molecular complexity index is 759. The van der Waals surface area contributed by atoms with Gasteiger partial charge in [-0.25, -0.2) is 14.8 Å². The van der Waals surface area contributed by atoms with Gasteiger partial charge in [0.2, 0.25) is 0 Å². The van der Waals surface area contributed by atoms with Gasteiger partial charge in [0, 0.05) is 12.2 Å². The van der Waals surface area contributed by atoms with Gasteiger partial charge in [0.15, 0.2) is 10.9 Å². The maximum atomic E-state index is 12.6. The average Bonchev–Trinajstić information content (AvgIpc) is 2.66. The number of benzene rings is 1. The Morgan fingerprint density at radius 1 is 1.31 bits per heavy atom. The Morgan fingerprint density at radius 2 is 2.04 bits per heavy atom. The number of nitrogens with zero attached hydrogens (tertiary/aromatic N) is 2. The van der Waals surface area contributed by atoms with E-state index in [9.17, 15) is 9.59 Å². The van der Waals surface area contributed by atoms with E-state index in [0.29, 0.717) is 11.6 Å². The molecule has 138 valence electrons. The van der Waals surface area contributed by atoms with Crippen molar-refractivity contribution >= 4 is 35.2 Å². The van der Waals surface area contributed by atoms with E-state index in [0.717, 1.165) is 17.7 Å². The lowest BCUT2D eigenvalue weighted by Gasteiger charge is -2.17. The van der Waals surface area contributed by atoms with E-state index < -0.39 is 17.9 Å². The summed E-state index contributed by atoms with van der Waals surface area (Å²) in [6.07, 6.45) is 2.66. The lowest BCUT2D eigenvalue weighted by Crippen LogP contribution is -2.43. The summed E-state index contributed by atoms with van der Waals surface area (Å²) in [7, 11) is 1.28. The Kier molecular flexibility index (Phi) is 7.87. The molecule has 1 atom stereocenters. The molecule has 2 rings (SSSR count). The third kappa shape index (κ3) is 5.71. The molecule has 0 unspecified atom stereocenters. The lowest BCUT2D eigenvalue weighted by atomic mass is 10.1. The predicted molar refractivity (Wildman–Crippen MR) is 101 cm³/mol. The first-order valence-corrected chi connectivity index (χ1v) is 9.49. The highest BCUT2D eigenvalue weighted by molar-refractivity contribution is 7.99. The highest BCUT2D eigenvalue weighted by Gasteiger charge is 2.24. The zero-order chi connectivity index (χ0) is 18.9. The quantitative estimate of drug-likeness (QED) is 0.421. The molecule has 1 aromatic carbocycles. The van der Waals surface area contributed by atoms with Crippen molar-refractivity contribution in [3.05, 3.63) is 52.8 Å². The number of thioether (sulfide) groups is 1. The lowest BCUT2D eigenvalue weighted by molar-refractivity contribution is -0.142. The highest BCUT2D eigenvalue weighted by atomic mass is 35.5. The van der Waals surface area contributed by atoms with Gasteiger partial charge in [0.1, 0.15) is 6.04 Å². The van der Waals surface area contributed by atoms with Crippen LogP contribution in [0.4, 0.5) is 0 Å². The van der Waals surface area contributed by atoms with Crippen molar-refractivity contribution < 1.29 is 14.3 Å². The second-order valence-electron chi connectivity index (χ2n) is 5.44. The number of ether oxygens (including phenoxy) is 1. The predicted octanol–water partition coefficient (Wildman–Crippen LogP) is 3.15. The van der Waals surface area contributed by atoms with Gasteiger partial charge in [-0.1, -0.05) is 60.6 Å². The van der Waals surface area contributed by atoms with Crippen molar-refractivity contribution in [1.82, 2.24) is 15.3 Å². The molecule has 1 heterocycles. The Morgan fingerprint density at radius 3 is 2.69 bits per heavy atom. The Hall–Kier alpha value is -2.12. The standard InChI is InChI=1S/C18H20ClN3O3S/c1-3-9-26-18-20-11-13(19)15(22-18)16(23)21-14(17(24)25-2)10-12-7-5-4-6-8-12/h4-8,11,14H,3,9-10H2,1-2H3,(H,21,23)/t14-/m0/s1. The molecule has 1 N–H and O–H groups in total. The van der Waals surface area contributed by atoms with Crippen LogP contribution in [-0.4, -0.2) is 40.7 Å². The van der Waals surface area contributed by atoms with E-state index >= 15 is 0 Å². The first-order chi connectivity index (χ1) is 12.5. The van der Waals surface area contributed by atoms with Crippen molar-refractivity contribution in [2.45, 2.75) is 31.0 Å². The smallest absolute Gasteiger partial charge is 0.328 e. The molecule has 1 amide bonds. The van der Waals surface area contributed by atoms with Gasteiger partial charge >= 0.3 is 5.97 Å². The van der Waals surface area contributed by atoms with Crippen LogP contribution in [0.5, 0.6) is 0 Å². The molecule has 0 aliphatic heterocycles. The monoisotopic (exact) mass is 393 g/mol. The van der Waals surface area contributed by atoms with Crippen LogP contribution in [0, 0.1) is 0 Å². The van der Waals surface area contributed by atoms with E-state index in [4.69, 9.17) is 16.3 Å². The van der Waals surface area contributed by atoms with Crippen LogP contribution in [-0.2, 0) is 16.0 Å². The molecule has 1 aromatic heterocycles. The molecule has 0 saturated carbocycles. The van der Waals surface area contributed by atoms with Crippen LogP contribution in [0.2, 0.25) is 5.02 Å². The molecule has 0 saturated heterocycles. The van der Waals surface area contributed by atoms with Crippen molar-refractivity contribution in [3.8, 4) is 0 Å². The molecule has 0 spiro atoms. The minimum absolute atomic E-state index is 0.0437. The van der Waals surface area contributed by atoms with Crippen LogP contribution in [0.25, 0.3) is 0 Å². The van der Waals surface area contributed by atoms with Crippen molar-refractivity contribution in [1.29, 1.82) is 0 Å². The Balaban J connectivity index is 2.17. The molecular formula is C18H20ClN3O3S. The van der Waals surface area contributed by atoms with Crippen molar-refractivity contribution in [2.75, 3.05) is 12.9 Å². The molecule has 0 fully saturated rings. The topological polar surface area (TPSA) is 81.2 Å². The SMILES string of the molecule is CCCSc1ncc(Cl)c(C(=O)N[C@@H](Cc2ccccc2)C(=O)OC)n1. The number of rotatable bonds is 8. The number of hydrogen-bond acceptors (Lipinski definition) is 6. The van der Waals surface area contributed by atoms with Gasteiger partial charge < -0.3 is 10.1 Å². The van der Waals surface area contributed by atoms with Crippen LogP contribution < -0.4 is 5.32 Å². The number of esters is 1. The molecule has 26 heavy (non-hydrogen) atoms.